The van der Waals surface area contributed by atoms with Crippen LogP contribution < -0.4 is 10.1 Å². The van der Waals surface area contributed by atoms with Crippen molar-refractivity contribution in [2.75, 3.05) is 13.7 Å². The van der Waals surface area contributed by atoms with E-state index < -0.39 is 0 Å². The Morgan fingerprint density at radius 3 is 2.71 bits per heavy atom. The summed E-state index contributed by atoms with van der Waals surface area (Å²) in [5, 5.41) is 4.28. The van der Waals surface area contributed by atoms with Crippen LogP contribution in [0.15, 0.2) is 46.9 Å². The van der Waals surface area contributed by atoms with Gasteiger partial charge in [0.2, 0.25) is 0 Å². The zero-order chi connectivity index (χ0) is 15.2. The smallest absolute Gasteiger partial charge is 0.124 e. The maximum atomic E-state index is 6.18. The fourth-order valence-electron chi connectivity index (χ4n) is 2.31. The van der Waals surface area contributed by atoms with Gasteiger partial charge in [-0.1, -0.05) is 46.6 Å². The molecule has 0 aliphatic heterocycles. The maximum Gasteiger partial charge on any atom is 0.124 e. The van der Waals surface area contributed by atoms with E-state index in [1.54, 1.807) is 7.11 Å². The lowest BCUT2D eigenvalue weighted by molar-refractivity contribution is 0.404. The highest BCUT2D eigenvalue weighted by Crippen LogP contribution is 2.33. The molecule has 4 heteroatoms. The van der Waals surface area contributed by atoms with E-state index in [4.69, 9.17) is 16.3 Å². The molecular weight excluding hydrogens is 350 g/mol. The third-order valence-electron chi connectivity index (χ3n) is 3.28. The minimum atomic E-state index is 0.0519. The van der Waals surface area contributed by atoms with Gasteiger partial charge in [0.15, 0.2) is 0 Å². The molecule has 0 heterocycles. The van der Waals surface area contributed by atoms with Gasteiger partial charge >= 0.3 is 0 Å². The third kappa shape index (κ3) is 4.22. The van der Waals surface area contributed by atoms with Crippen LogP contribution >= 0.6 is 27.5 Å². The predicted molar refractivity (Wildman–Crippen MR) is 92.3 cm³/mol. The molecule has 0 bridgehead atoms. The van der Waals surface area contributed by atoms with Crippen molar-refractivity contribution in [3.63, 3.8) is 0 Å². The van der Waals surface area contributed by atoms with Crippen LogP contribution in [-0.2, 0) is 0 Å². The molecular formula is C17H19BrClNO. The lowest BCUT2D eigenvalue weighted by Gasteiger charge is -2.22. The first-order valence-electron chi connectivity index (χ1n) is 6.98. The van der Waals surface area contributed by atoms with E-state index in [1.807, 2.05) is 30.3 Å². The monoisotopic (exact) mass is 367 g/mol. The first kappa shape index (κ1) is 16.3. The molecule has 0 amide bonds. The van der Waals surface area contributed by atoms with E-state index >= 15 is 0 Å². The topological polar surface area (TPSA) is 21.3 Å². The number of ether oxygens (including phenoxy) is 1. The van der Waals surface area contributed by atoms with Gasteiger partial charge in [-0.15, -0.1) is 0 Å². The molecule has 0 saturated carbocycles. The summed E-state index contributed by atoms with van der Waals surface area (Å²) < 4.78 is 6.56. The molecule has 0 fully saturated rings. The summed E-state index contributed by atoms with van der Waals surface area (Å²) in [6, 6.07) is 14.1. The van der Waals surface area contributed by atoms with Gasteiger partial charge < -0.3 is 10.1 Å². The van der Waals surface area contributed by atoms with Crippen LogP contribution in [0.5, 0.6) is 5.75 Å². The average molecular weight is 369 g/mol. The van der Waals surface area contributed by atoms with Crippen molar-refractivity contribution in [3.8, 4) is 5.75 Å². The largest absolute Gasteiger partial charge is 0.496 e. The Balaban J connectivity index is 2.47. The Morgan fingerprint density at radius 1 is 1.24 bits per heavy atom. The molecule has 0 saturated heterocycles. The fraction of sp³-hybridized carbons (Fsp3) is 0.294. The van der Waals surface area contributed by atoms with Gasteiger partial charge in [-0.05, 0) is 48.9 Å². The van der Waals surface area contributed by atoms with Crippen molar-refractivity contribution in [2.24, 2.45) is 0 Å². The van der Waals surface area contributed by atoms with E-state index in [0.717, 1.165) is 28.8 Å². The Kier molecular flexibility index (Phi) is 6.09. The summed E-state index contributed by atoms with van der Waals surface area (Å²) in [6.45, 7) is 3.08. The number of benzene rings is 2. The molecule has 1 N–H and O–H groups in total. The average Bonchev–Trinajstić information content (AvgIpc) is 2.48. The minimum absolute atomic E-state index is 0.0519. The Hall–Kier alpha value is -1.03. The molecule has 2 rings (SSSR count). The van der Waals surface area contributed by atoms with E-state index in [0.29, 0.717) is 5.02 Å². The second-order valence-corrected chi connectivity index (χ2v) is 6.18. The van der Waals surface area contributed by atoms with E-state index in [2.05, 4.69) is 40.3 Å². The van der Waals surface area contributed by atoms with Gasteiger partial charge in [-0.3, -0.25) is 0 Å². The summed E-state index contributed by atoms with van der Waals surface area (Å²) in [4.78, 5) is 0. The molecule has 2 nitrogen and oxygen atoms in total. The molecule has 1 unspecified atom stereocenters. The fourth-order valence-corrected chi connectivity index (χ4v) is 2.91. The zero-order valence-corrected chi connectivity index (χ0v) is 14.5. The summed E-state index contributed by atoms with van der Waals surface area (Å²) in [5.74, 6) is 0.841. The van der Waals surface area contributed by atoms with Crippen LogP contribution in [0.4, 0.5) is 0 Å². The number of hydrogen-bond acceptors (Lipinski definition) is 2. The Labute approximate surface area is 139 Å². The molecule has 21 heavy (non-hydrogen) atoms. The molecule has 0 aliphatic rings. The van der Waals surface area contributed by atoms with E-state index in [1.165, 1.54) is 5.56 Å². The van der Waals surface area contributed by atoms with Crippen molar-refractivity contribution >= 4 is 27.5 Å². The third-order valence-corrected chi connectivity index (χ3v) is 4.01. The highest BCUT2D eigenvalue weighted by Gasteiger charge is 2.18. The van der Waals surface area contributed by atoms with Crippen LogP contribution in [-0.4, -0.2) is 13.7 Å². The van der Waals surface area contributed by atoms with Crippen LogP contribution in [0, 0.1) is 0 Å². The van der Waals surface area contributed by atoms with Crippen molar-refractivity contribution in [1.82, 2.24) is 5.32 Å². The number of methoxy groups -OCH3 is 1. The van der Waals surface area contributed by atoms with Crippen LogP contribution in [0.25, 0.3) is 0 Å². The molecule has 1 atom stereocenters. The van der Waals surface area contributed by atoms with Gasteiger partial charge in [0.1, 0.15) is 5.75 Å². The van der Waals surface area contributed by atoms with Crippen molar-refractivity contribution in [2.45, 2.75) is 19.4 Å². The molecule has 112 valence electrons. The van der Waals surface area contributed by atoms with Gasteiger partial charge in [-0.2, -0.15) is 0 Å². The molecule has 2 aromatic rings. The first-order valence-corrected chi connectivity index (χ1v) is 8.15. The lowest BCUT2D eigenvalue weighted by Crippen LogP contribution is -2.23. The van der Waals surface area contributed by atoms with Gasteiger partial charge in [0.05, 0.1) is 13.2 Å². The van der Waals surface area contributed by atoms with Gasteiger partial charge in [0, 0.05) is 15.1 Å². The van der Waals surface area contributed by atoms with Crippen LogP contribution in [0.1, 0.15) is 30.5 Å². The second-order valence-electron chi connectivity index (χ2n) is 4.83. The number of rotatable bonds is 6. The first-order chi connectivity index (χ1) is 10.2. The molecule has 0 radical (unpaired) electrons. The number of nitrogens with one attached hydrogen (secondary N) is 1. The summed E-state index contributed by atoms with van der Waals surface area (Å²) in [7, 11) is 1.69. The Morgan fingerprint density at radius 2 is 2.05 bits per heavy atom. The normalized spacial score (nSPS) is 12.2. The molecule has 0 aromatic heterocycles. The van der Waals surface area contributed by atoms with Crippen molar-refractivity contribution < 1.29 is 4.74 Å². The highest BCUT2D eigenvalue weighted by molar-refractivity contribution is 9.10. The zero-order valence-electron chi connectivity index (χ0n) is 12.2. The van der Waals surface area contributed by atoms with Gasteiger partial charge in [-0.25, -0.2) is 0 Å². The molecule has 2 aromatic carbocycles. The lowest BCUT2D eigenvalue weighted by atomic mass is 9.97. The molecule has 0 spiro atoms. The second kappa shape index (κ2) is 7.83. The van der Waals surface area contributed by atoms with E-state index in [-0.39, 0.29) is 6.04 Å². The number of halogens is 2. The summed E-state index contributed by atoms with van der Waals surface area (Å²) in [5.41, 5.74) is 2.23. The van der Waals surface area contributed by atoms with Crippen LogP contribution in [0.2, 0.25) is 5.02 Å². The Bertz CT molecular complexity index is 603. The summed E-state index contributed by atoms with van der Waals surface area (Å²) in [6.07, 6.45) is 1.06. The SMILES string of the molecule is CCCNC(c1cccc(Br)c1)c1cc(Cl)ccc1OC. The maximum absolute atomic E-state index is 6.18. The minimum Gasteiger partial charge on any atom is -0.496 e. The molecule has 0 aliphatic carbocycles. The quantitative estimate of drug-likeness (QED) is 0.756. The standard InChI is InChI=1S/C17H19BrClNO/c1-3-9-20-17(12-5-4-6-13(18)10-12)15-11-14(19)7-8-16(15)21-2/h4-8,10-11,17,20H,3,9H2,1-2H3. The van der Waals surface area contributed by atoms with Gasteiger partial charge in [0.25, 0.3) is 0 Å². The van der Waals surface area contributed by atoms with Crippen molar-refractivity contribution in [3.05, 3.63) is 63.1 Å². The van der Waals surface area contributed by atoms with Crippen LogP contribution in [0.3, 0.4) is 0 Å². The summed E-state index contributed by atoms with van der Waals surface area (Å²) >= 11 is 9.71. The number of hydrogen-bond donors (Lipinski definition) is 1. The van der Waals surface area contributed by atoms with E-state index in [9.17, 15) is 0 Å². The highest BCUT2D eigenvalue weighted by atomic mass is 79.9. The predicted octanol–water partition coefficient (Wildman–Crippen LogP) is 5.20. The van der Waals surface area contributed by atoms with Crippen molar-refractivity contribution in [1.29, 1.82) is 0 Å².